The Hall–Kier alpha value is -0.880. The largest absolute Gasteiger partial charge is 0.150 e. The predicted octanol–water partition coefficient (Wildman–Crippen LogP) is 2.12. The van der Waals surface area contributed by atoms with E-state index in [1.165, 1.54) is 0 Å². The van der Waals surface area contributed by atoms with Crippen LogP contribution in [-0.4, -0.2) is 6.54 Å². The number of nitroso groups, excluding NO2 is 1. The molecule has 0 spiro atoms. The van der Waals surface area contributed by atoms with Gasteiger partial charge in [0.1, 0.15) is 6.54 Å². The molecule has 0 aromatic rings. The molecule has 0 saturated heterocycles. The van der Waals surface area contributed by atoms with Crippen LogP contribution >= 0.6 is 0 Å². The number of nitrogens with zero attached hydrogens (tertiary/aromatic N) is 1. The first-order valence-electron chi connectivity index (χ1n) is 2.97. The second-order valence-corrected chi connectivity index (χ2v) is 2.09. The third-order valence-electron chi connectivity index (χ3n) is 0.713. The maximum absolute atomic E-state index is 9.51. The smallest absolute Gasteiger partial charge is 0.107 e. The Bertz CT molecular complexity index is 132. The molecule has 0 amide bonds. The molecule has 0 heterocycles. The van der Waals surface area contributed by atoms with Crippen molar-refractivity contribution in [3.8, 4) is 0 Å². The van der Waals surface area contributed by atoms with Gasteiger partial charge in [0.25, 0.3) is 0 Å². The highest BCUT2D eigenvalue weighted by molar-refractivity contribution is 4.87. The molecule has 0 rings (SSSR count). The summed E-state index contributed by atoms with van der Waals surface area (Å²) < 4.78 is 0. The molecule has 0 N–H and O–H groups in total. The topological polar surface area (TPSA) is 29.4 Å². The molecule has 0 aromatic carbocycles. The van der Waals surface area contributed by atoms with Crippen molar-refractivity contribution in [3.63, 3.8) is 0 Å². The molecule has 0 unspecified atom stereocenters. The zero-order chi connectivity index (χ0) is 7.11. The molecule has 0 radical (unpaired) electrons. The van der Waals surface area contributed by atoms with E-state index < -0.39 is 0 Å². The highest BCUT2D eigenvalue weighted by atomic mass is 16.3. The third kappa shape index (κ3) is 7.12. The van der Waals surface area contributed by atoms with Crippen LogP contribution in [0.25, 0.3) is 0 Å². The van der Waals surface area contributed by atoms with Gasteiger partial charge >= 0.3 is 0 Å². The first kappa shape index (κ1) is 8.12. The normalized spacial score (nSPS) is 8.33. The van der Waals surface area contributed by atoms with Crippen LogP contribution in [-0.2, 0) is 0 Å². The molecular weight excluding hydrogens is 114 g/mol. The van der Waals surface area contributed by atoms with Crippen molar-refractivity contribution in [2.45, 2.75) is 13.8 Å². The summed E-state index contributed by atoms with van der Waals surface area (Å²) >= 11 is 0. The Kier molecular flexibility index (Phi) is 4.75. The van der Waals surface area contributed by atoms with Crippen molar-refractivity contribution in [2.75, 3.05) is 6.54 Å². The van der Waals surface area contributed by atoms with Crippen LogP contribution in [0.1, 0.15) is 13.8 Å². The van der Waals surface area contributed by atoms with Gasteiger partial charge in [-0.2, -0.15) is 4.91 Å². The Balaban J connectivity index is 3.53. The van der Waals surface area contributed by atoms with E-state index in [9.17, 15) is 4.91 Å². The van der Waals surface area contributed by atoms with E-state index in [1.807, 2.05) is 6.08 Å². The van der Waals surface area contributed by atoms with Gasteiger partial charge in [0.05, 0.1) is 0 Å². The molecule has 0 bridgehead atoms. The van der Waals surface area contributed by atoms with Crippen molar-refractivity contribution in [1.29, 1.82) is 0 Å². The van der Waals surface area contributed by atoms with E-state index in [-0.39, 0.29) is 6.54 Å². The standard InChI is InChI=1S/C7H11NO/c1-7(2)5-3-4-6-8-9/h4-5,7H,6H2,1-2H3. The molecule has 0 aliphatic carbocycles. The molecule has 0 aliphatic rings. The number of rotatable bonds is 3. The van der Waals surface area contributed by atoms with Crippen LogP contribution in [0.3, 0.4) is 0 Å². The minimum atomic E-state index is 0.225. The van der Waals surface area contributed by atoms with Gasteiger partial charge in [0, 0.05) is 0 Å². The van der Waals surface area contributed by atoms with E-state index >= 15 is 0 Å². The van der Waals surface area contributed by atoms with Crippen molar-refractivity contribution in [3.05, 3.63) is 22.8 Å². The molecule has 2 nitrogen and oxygen atoms in total. The van der Waals surface area contributed by atoms with Crippen LogP contribution in [0, 0.1) is 10.8 Å². The van der Waals surface area contributed by atoms with Gasteiger partial charge in [-0.05, 0) is 18.1 Å². The van der Waals surface area contributed by atoms with E-state index in [2.05, 4.69) is 24.8 Å². The summed E-state index contributed by atoms with van der Waals surface area (Å²) in [6, 6.07) is 0. The zero-order valence-electron chi connectivity index (χ0n) is 5.79. The van der Waals surface area contributed by atoms with Gasteiger partial charge in [-0.15, -0.1) is 5.73 Å². The van der Waals surface area contributed by atoms with Gasteiger partial charge in [-0.3, -0.25) is 0 Å². The average molecular weight is 125 g/mol. The van der Waals surface area contributed by atoms with Gasteiger partial charge in [-0.25, -0.2) is 0 Å². The van der Waals surface area contributed by atoms with Crippen molar-refractivity contribution in [2.24, 2.45) is 11.1 Å². The molecule has 0 aromatic heterocycles. The van der Waals surface area contributed by atoms with E-state index in [0.717, 1.165) is 0 Å². The minimum Gasteiger partial charge on any atom is -0.150 e. The first-order chi connectivity index (χ1) is 4.27. The molecule has 50 valence electrons. The lowest BCUT2D eigenvalue weighted by atomic mass is 10.2. The minimum absolute atomic E-state index is 0.225. The SMILES string of the molecule is CC(C)C=C=CCN=O. The third-order valence-corrected chi connectivity index (χ3v) is 0.713. The summed E-state index contributed by atoms with van der Waals surface area (Å²) in [7, 11) is 0. The van der Waals surface area contributed by atoms with Crippen LogP contribution in [0.5, 0.6) is 0 Å². The summed E-state index contributed by atoms with van der Waals surface area (Å²) in [5.41, 5.74) is 2.84. The second kappa shape index (κ2) is 5.26. The van der Waals surface area contributed by atoms with Crippen LogP contribution < -0.4 is 0 Å². The molecule has 0 fully saturated rings. The fourth-order valence-corrected chi connectivity index (χ4v) is 0.350. The van der Waals surface area contributed by atoms with E-state index in [0.29, 0.717) is 5.92 Å². The predicted molar refractivity (Wildman–Crippen MR) is 38.2 cm³/mol. The average Bonchev–Trinajstić information content (AvgIpc) is 1.80. The van der Waals surface area contributed by atoms with Gasteiger partial charge in [-0.1, -0.05) is 19.0 Å². The second-order valence-electron chi connectivity index (χ2n) is 2.09. The quantitative estimate of drug-likeness (QED) is 0.419. The van der Waals surface area contributed by atoms with Crippen molar-refractivity contribution in [1.82, 2.24) is 0 Å². The molecule has 0 saturated carbocycles. The van der Waals surface area contributed by atoms with Crippen molar-refractivity contribution >= 4 is 0 Å². The highest BCUT2D eigenvalue weighted by Gasteiger charge is 1.78. The van der Waals surface area contributed by atoms with Gasteiger partial charge in [0.2, 0.25) is 0 Å². The summed E-state index contributed by atoms with van der Waals surface area (Å²) in [6.07, 6.45) is 3.51. The summed E-state index contributed by atoms with van der Waals surface area (Å²) in [6.45, 7) is 4.33. The lowest BCUT2D eigenvalue weighted by molar-refractivity contribution is 0.833. The monoisotopic (exact) mass is 125 g/mol. The zero-order valence-corrected chi connectivity index (χ0v) is 5.79. The van der Waals surface area contributed by atoms with Gasteiger partial charge in [0.15, 0.2) is 0 Å². The Morgan fingerprint density at radius 1 is 1.67 bits per heavy atom. The fourth-order valence-electron chi connectivity index (χ4n) is 0.350. The van der Waals surface area contributed by atoms with Gasteiger partial charge < -0.3 is 0 Å². The Labute approximate surface area is 55.2 Å². The summed E-state index contributed by atoms with van der Waals surface area (Å²) in [4.78, 5) is 9.51. The molecular formula is C7H11NO. The number of hydrogen-bond donors (Lipinski definition) is 0. The van der Waals surface area contributed by atoms with E-state index in [4.69, 9.17) is 0 Å². The lowest BCUT2D eigenvalue weighted by Crippen LogP contribution is -1.73. The summed E-state index contributed by atoms with van der Waals surface area (Å²) in [5.74, 6) is 0.493. The molecule has 0 aliphatic heterocycles. The maximum atomic E-state index is 9.51. The van der Waals surface area contributed by atoms with Crippen LogP contribution in [0.4, 0.5) is 0 Å². The Morgan fingerprint density at radius 3 is 2.78 bits per heavy atom. The van der Waals surface area contributed by atoms with Crippen molar-refractivity contribution < 1.29 is 0 Å². The molecule has 0 atom stereocenters. The molecule has 2 heteroatoms. The maximum Gasteiger partial charge on any atom is 0.107 e. The molecule has 9 heavy (non-hydrogen) atoms. The van der Waals surface area contributed by atoms with Crippen LogP contribution in [0.2, 0.25) is 0 Å². The highest BCUT2D eigenvalue weighted by Crippen LogP contribution is 1.90. The van der Waals surface area contributed by atoms with Crippen LogP contribution in [0.15, 0.2) is 23.1 Å². The summed E-state index contributed by atoms with van der Waals surface area (Å²) in [5, 5.41) is 2.64. The lowest BCUT2D eigenvalue weighted by Gasteiger charge is -1.85. The first-order valence-corrected chi connectivity index (χ1v) is 2.97. The number of hydrogen-bond acceptors (Lipinski definition) is 2. The van der Waals surface area contributed by atoms with E-state index in [1.54, 1.807) is 6.08 Å². The Morgan fingerprint density at radius 2 is 2.33 bits per heavy atom. The fraction of sp³-hybridized carbons (Fsp3) is 0.571.